The molecule has 3 rings (SSSR count). The molecule has 0 radical (unpaired) electrons. The molecule has 5 heteroatoms. The van der Waals surface area contributed by atoms with Gasteiger partial charge in [-0.3, -0.25) is 0 Å². The molecular weight excluding hydrogens is 356 g/mol. The summed E-state index contributed by atoms with van der Waals surface area (Å²) in [5.41, 5.74) is 8.29. The van der Waals surface area contributed by atoms with Gasteiger partial charge in [0.05, 0.1) is 17.8 Å². The summed E-state index contributed by atoms with van der Waals surface area (Å²) in [7, 11) is -3.41. The van der Waals surface area contributed by atoms with E-state index in [1.807, 2.05) is 60.7 Å². The monoisotopic (exact) mass is 386 g/mol. The highest BCUT2D eigenvalue weighted by Crippen LogP contribution is 2.29. The topological polar surface area (TPSA) is 72.2 Å². The van der Waals surface area contributed by atoms with Crippen LogP contribution in [0, 0.1) is 5.92 Å². The molecule has 1 aliphatic carbocycles. The molecule has 3 N–H and O–H groups in total. The largest absolute Gasteiger partial charge is 0.322 e. The van der Waals surface area contributed by atoms with E-state index in [9.17, 15) is 8.42 Å². The van der Waals surface area contributed by atoms with Gasteiger partial charge in [0.2, 0.25) is 10.0 Å². The second-order valence-electron chi connectivity index (χ2n) is 7.55. The van der Waals surface area contributed by atoms with Crippen molar-refractivity contribution in [3.05, 3.63) is 71.8 Å². The zero-order valence-electron chi connectivity index (χ0n) is 15.8. The van der Waals surface area contributed by atoms with Gasteiger partial charge < -0.3 is 5.73 Å². The standard InChI is InChI=1S/C22H30N2O2S/c23-21(19-12-6-2-7-13-19)22(20-14-8-3-9-15-20)24-27(25,26)17-16-18-10-4-1-5-11-18/h2-3,6-9,12-15,18,21-22,24H,1,4-5,10-11,16-17,23H2. The SMILES string of the molecule is NC(c1ccccc1)C(NS(=O)(=O)CCC1CCCCC1)c1ccccc1. The first-order valence-electron chi connectivity index (χ1n) is 9.90. The van der Waals surface area contributed by atoms with Gasteiger partial charge in [0.1, 0.15) is 0 Å². The summed E-state index contributed by atoms with van der Waals surface area (Å²) in [6.07, 6.45) is 6.77. The molecular formula is C22H30N2O2S. The Kier molecular flexibility index (Phi) is 7.05. The van der Waals surface area contributed by atoms with Crippen LogP contribution in [-0.4, -0.2) is 14.2 Å². The zero-order chi connectivity index (χ0) is 19.1. The van der Waals surface area contributed by atoms with Crippen molar-refractivity contribution in [1.29, 1.82) is 0 Å². The second kappa shape index (κ2) is 9.49. The molecule has 1 aliphatic rings. The van der Waals surface area contributed by atoms with Crippen molar-refractivity contribution in [2.24, 2.45) is 11.7 Å². The maximum atomic E-state index is 12.8. The Hall–Kier alpha value is -1.69. The van der Waals surface area contributed by atoms with E-state index in [0.717, 1.165) is 30.4 Å². The minimum Gasteiger partial charge on any atom is -0.322 e. The number of nitrogens with one attached hydrogen (secondary N) is 1. The quantitative estimate of drug-likeness (QED) is 0.710. The van der Waals surface area contributed by atoms with Gasteiger partial charge in [-0.05, 0) is 23.5 Å². The molecule has 0 spiro atoms. The van der Waals surface area contributed by atoms with Gasteiger partial charge >= 0.3 is 0 Å². The Morgan fingerprint density at radius 1 is 0.889 bits per heavy atom. The van der Waals surface area contributed by atoms with Crippen LogP contribution in [0.3, 0.4) is 0 Å². The Morgan fingerprint density at radius 2 is 1.44 bits per heavy atom. The minimum absolute atomic E-state index is 0.169. The third-order valence-electron chi connectivity index (χ3n) is 5.53. The Labute approximate surface area is 163 Å². The van der Waals surface area contributed by atoms with Crippen LogP contribution >= 0.6 is 0 Å². The summed E-state index contributed by atoms with van der Waals surface area (Å²) in [4.78, 5) is 0. The van der Waals surface area contributed by atoms with E-state index in [1.54, 1.807) is 0 Å². The molecule has 0 heterocycles. The van der Waals surface area contributed by atoms with Gasteiger partial charge in [0, 0.05) is 0 Å². The Bertz CT molecular complexity index is 788. The van der Waals surface area contributed by atoms with Crippen molar-refractivity contribution in [3.63, 3.8) is 0 Å². The van der Waals surface area contributed by atoms with E-state index in [0.29, 0.717) is 5.92 Å². The smallest absolute Gasteiger partial charge is 0.212 e. The number of benzene rings is 2. The lowest BCUT2D eigenvalue weighted by molar-refractivity contribution is 0.349. The molecule has 2 aromatic carbocycles. The van der Waals surface area contributed by atoms with Crippen LogP contribution in [-0.2, 0) is 10.0 Å². The van der Waals surface area contributed by atoms with E-state index in [4.69, 9.17) is 5.73 Å². The van der Waals surface area contributed by atoms with Crippen LogP contribution in [0.4, 0.5) is 0 Å². The second-order valence-corrected chi connectivity index (χ2v) is 9.43. The van der Waals surface area contributed by atoms with Crippen LogP contribution in [0.1, 0.15) is 61.7 Å². The zero-order valence-corrected chi connectivity index (χ0v) is 16.6. The lowest BCUT2D eigenvalue weighted by Gasteiger charge is -2.27. The number of nitrogens with two attached hydrogens (primary N) is 1. The van der Waals surface area contributed by atoms with Crippen LogP contribution in [0.5, 0.6) is 0 Å². The Balaban J connectivity index is 1.74. The van der Waals surface area contributed by atoms with Crippen LogP contribution in [0.25, 0.3) is 0 Å². The molecule has 4 nitrogen and oxygen atoms in total. The third-order valence-corrected chi connectivity index (χ3v) is 6.91. The third kappa shape index (κ3) is 5.89. The van der Waals surface area contributed by atoms with Gasteiger partial charge in [0.25, 0.3) is 0 Å². The summed E-state index contributed by atoms with van der Waals surface area (Å²) in [5.74, 6) is 0.705. The fourth-order valence-electron chi connectivity index (χ4n) is 3.93. The molecule has 0 aromatic heterocycles. The van der Waals surface area contributed by atoms with Crippen LogP contribution < -0.4 is 10.5 Å². The first-order valence-corrected chi connectivity index (χ1v) is 11.6. The number of rotatable bonds is 8. The van der Waals surface area contributed by atoms with Crippen molar-refractivity contribution >= 4 is 10.0 Å². The predicted octanol–water partition coefficient (Wildman–Crippen LogP) is 4.32. The molecule has 1 fully saturated rings. The lowest BCUT2D eigenvalue weighted by Crippen LogP contribution is -2.37. The Morgan fingerprint density at radius 3 is 2.04 bits per heavy atom. The van der Waals surface area contributed by atoms with E-state index < -0.39 is 22.1 Å². The normalized spacial score (nSPS) is 18.1. The number of hydrogen-bond acceptors (Lipinski definition) is 3. The highest BCUT2D eigenvalue weighted by molar-refractivity contribution is 7.89. The molecule has 2 atom stereocenters. The molecule has 2 unspecified atom stereocenters. The van der Waals surface area contributed by atoms with E-state index in [2.05, 4.69) is 4.72 Å². The average molecular weight is 387 g/mol. The van der Waals surface area contributed by atoms with E-state index in [-0.39, 0.29) is 5.75 Å². The van der Waals surface area contributed by atoms with Crippen molar-refractivity contribution in [1.82, 2.24) is 4.72 Å². The minimum atomic E-state index is -3.41. The molecule has 0 amide bonds. The molecule has 0 bridgehead atoms. The first kappa shape index (κ1) is 20.1. The van der Waals surface area contributed by atoms with E-state index in [1.165, 1.54) is 19.3 Å². The molecule has 2 aromatic rings. The molecule has 1 saturated carbocycles. The summed E-state index contributed by atoms with van der Waals surface area (Å²) < 4.78 is 28.5. The van der Waals surface area contributed by atoms with Crippen molar-refractivity contribution < 1.29 is 8.42 Å². The van der Waals surface area contributed by atoms with Crippen molar-refractivity contribution in [2.75, 3.05) is 5.75 Å². The van der Waals surface area contributed by atoms with Gasteiger partial charge in [-0.2, -0.15) is 0 Å². The predicted molar refractivity (Wildman–Crippen MR) is 111 cm³/mol. The van der Waals surface area contributed by atoms with Gasteiger partial charge in [-0.25, -0.2) is 13.1 Å². The summed E-state index contributed by atoms with van der Waals surface area (Å²) in [5, 5.41) is 0. The van der Waals surface area contributed by atoms with Crippen LogP contribution in [0.15, 0.2) is 60.7 Å². The lowest BCUT2D eigenvalue weighted by atomic mass is 9.88. The molecule has 0 saturated heterocycles. The maximum absolute atomic E-state index is 12.8. The summed E-state index contributed by atoms with van der Waals surface area (Å²) >= 11 is 0. The number of sulfonamides is 1. The van der Waals surface area contributed by atoms with Crippen molar-refractivity contribution in [2.45, 2.75) is 50.6 Å². The first-order chi connectivity index (χ1) is 13.1. The highest BCUT2D eigenvalue weighted by Gasteiger charge is 2.27. The molecule has 27 heavy (non-hydrogen) atoms. The summed E-state index contributed by atoms with van der Waals surface area (Å²) in [6.45, 7) is 0. The van der Waals surface area contributed by atoms with Crippen LogP contribution in [0.2, 0.25) is 0 Å². The van der Waals surface area contributed by atoms with Gasteiger partial charge in [-0.15, -0.1) is 0 Å². The fourth-order valence-corrected chi connectivity index (χ4v) is 5.36. The highest BCUT2D eigenvalue weighted by atomic mass is 32.2. The maximum Gasteiger partial charge on any atom is 0.212 e. The molecule has 0 aliphatic heterocycles. The van der Waals surface area contributed by atoms with Gasteiger partial charge in [0.15, 0.2) is 0 Å². The average Bonchev–Trinajstić information content (AvgIpc) is 2.72. The molecule has 146 valence electrons. The number of hydrogen-bond donors (Lipinski definition) is 2. The van der Waals surface area contributed by atoms with E-state index >= 15 is 0 Å². The fraction of sp³-hybridized carbons (Fsp3) is 0.455. The van der Waals surface area contributed by atoms with Gasteiger partial charge in [-0.1, -0.05) is 92.8 Å². The summed E-state index contributed by atoms with van der Waals surface area (Å²) in [6, 6.07) is 18.3. The van der Waals surface area contributed by atoms with Crippen molar-refractivity contribution in [3.8, 4) is 0 Å².